The summed E-state index contributed by atoms with van der Waals surface area (Å²) in [7, 11) is 0. The van der Waals surface area contributed by atoms with Gasteiger partial charge in [0.2, 0.25) is 0 Å². The van der Waals surface area contributed by atoms with Crippen molar-refractivity contribution in [3.05, 3.63) is 60.6 Å². The maximum atomic E-state index is 5.83. The molecule has 0 radical (unpaired) electrons. The minimum atomic E-state index is 0.378. The van der Waals surface area contributed by atoms with Crippen LogP contribution in [-0.4, -0.2) is 9.97 Å². The average Bonchev–Trinajstić information content (AvgIpc) is 2.53. The minimum Gasteiger partial charge on any atom is -0.487 e. The number of rotatable bonds is 4. The van der Waals surface area contributed by atoms with Gasteiger partial charge in [-0.1, -0.05) is 6.07 Å². The highest BCUT2D eigenvalue weighted by atomic mass is 16.5. The van der Waals surface area contributed by atoms with E-state index in [1.807, 2.05) is 36.4 Å². The molecule has 0 saturated heterocycles. The lowest BCUT2D eigenvalue weighted by molar-refractivity contribution is 0.305. The average molecular weight is 266 g/mol. The number of hydrazine groups is 1. The third-order valence-corrected chi connectivity index (χ3v) is 2.96. The van der Waals surface area contributed by atoms with Gasteiger partial charge in [-0.2, -0.15) is 0 Å². The Hall–Kier alpha value is -2.66. The maximum absolute atomic E-state index is 5.83. The first-order valence-electron chi connectivity index (χ1n) is 6.25. The van der Waals surface area contributed by atoms with Crippen LogP contribution in [0.15, 0.2) is 54.9 Å². The summed E-state index contributed by atoms with van der Waals surface area (Å²) < 4.78 is 5.83. The van der Waals surface area contributed by atoms with Gasteiger partial charge in [0.15, 0.2) is 0 Å². The van der Waals surface area contributed by atoms with Crippen LogP contribution in [0.25, 0.3) is 10.9 Å². The van der Waals surface area contributed by atoms with E-state index in [9.17, 15) is 0 Å². The van der Waals surface area contributed by atoms with Gasteiger partial charge in [-0.25, -0.2) is 0 Å². The van der Waals surface area contributed by atoms with E-state index >= 15 is 0 Å². The van der Waals surface area contributed by atoms with Crippen LogP contribution >= 0.6 is 0 Å². The standard InChI is InChI=1S/C15H14N4O/c16-19-11-6-8-17-12(9-11)10-20-15-5-1-4-14-13(15)3-2-7-18-14/h1-9H,10,16H2,(H,17,19). The summed E-state index contributed by atoms with van der Waals surface area (Å²) in [5.74, 6) is 6.17. The molecule has 0 saturated carbocycles. The molecule has 2 heterocycles. The number of anilines is 1. The molecule has 100 valence electrons. The van der Waals surface area contributed by atoms with Gasteiger partial charge in [-0.05, 0) is 36.4 Å². The monoisotopic (exact) mass is 266 g/mol. The summed E-state index contributed by atoms with van der Waals surface area (Å²) in [6.45, 7) is 0.378. The van der Waals surface area contributed by atoms with Crippen molar-refractivity contribution in [3.63, 3.8) is 0 Å². The summed E-state index contributed by atoms with van der Waals surface area (Å²) in [6, 6.07) is 13.3. The Balaban J connectivity index is 1.83. The molecule has 0 atom stereocenters. The molecule has 0 amide bonds. The van der Waals surface area contributed by atoms with Crippen molar-refractivity contribution in [2.24, 2.45) is 5.84 Å². The van der Waals surface area contributed by atoms with Crippen LogP contribution in [-0.2, 0) is 6.61 Å². The molecular formula is C15H14N4O. The van der Waals surface area contributed by atoms with Crippen molar-refractivity contribution in [3.8, 4) is 5.75 Å². The SMILES string of the molecule is NNc1ccnc(COc2cccc3ncccc23)c1. The lowest BCUT2D eigenvalue weighted by atomic mass is 10.2. The van der Waals surface area contributed by atoms with E-state index in [4.69, 9.17) is 10.6 Å². The Labute approximate surface area is 116 Å². The van der Waals surface area contributed by atoms with E-state index in [2.05, 4.69) is 15.4 Å². The molecule has 1 aromatic carbocycles. The van der Waals surface area contributed by atoms with Crippen LogP contribution in [0.1, 0.15) is 5.69 Å². The topological polar surface area (TPSA) is 73.1 Å². The zero-order chi connectivity index (χ0) is 13.8. The van der Waals surface area contributed by atoms with Gasteiger partial charge >= 0.3 is 0 Å². The Morgan fingerprint density at radius 2 is 2.00 bits per heavy atom. The Morgan fingerprint density at radius 1 is 1.05 bits per heavy atom. The molecule has 3 N–H and O–H groups in total. The van der Waals surface area contributed by atoms with Gasteiger partial charge < -0.3 is 10.2 Å². The van der Waals surface area contributed by atoms with Crippen molar-refractivity contribution in [2.75, 3.05) is 5.43 Å². The summed E-state index contributed by atoms with van der Waals surface area (Å²) >= 11 is 0. The Kier molecular flexibility index (Phi) is 3.43. The van der Waals surface area contributed by atoms with Gasteiger partial charge in [-0.15, -0.1) is 0 Å². The lowest BCUT2D eigenvalue weighted by Crippen LogP contribution is -2.08. The molecule has 3 rings (SSSR count). The molecule has 5 heteroatoms. The highest BCUT2D eigenvalue weighted by molar-refractivity contribution is 5.84. The molecule has 0 bridgehead atoms. The summed E-state index contributed by atoms with van der Waals surface area (Å²) in [5, 5.41) is 0.989. The molecule has 5 nitrogen and oxygen atoms in total. The molecule has 0 fully saturated rings. The lowest BCUT2D eigenvalue weighted by Gasteiger charge is -2.09. The number of nitrogen functional groups attached to an aromatic ring is 1. The number of nitrogens with one attached hydrogen (secondary N) is 1. The van der Waals surface area contributed by atoms with Gasteiger partial charge in [-0.3, -0.25) is 15.8 Å². The van der Waals surface area contributed by atoms with E-state index in [1.165, 1.54) is 0 Å². The van der Waals surface area contributed by atoms with Crippen LogP contribution in [0.3, 0.4) is 0 Å². The second kappa shape index (κ2) is 5.54. The predicted molar refractivity (Wildman–Crippen MR) is 78.1 cm³/mol. The van der Waals surface area contributed by atoms with Crippen molar-refractivity contribution in [1.29, 1.82) is 0 Å². The van der Waals surface area contributed by atoms with Crippen LogP contribution in [0.4, 0.5) is 5.69 Å². The predicted octanol–water partition coefficient (Wildman–Crippen LogP) is 2.49. The second-order valence-electron chi connectivity index (χ2n) is 4.30. The zero-order valence-electron chi connectivity index (χ0n) is 10.8. The third kappa shape index (κ3) is 2.53. The number of aromatic nitrogens is 2. The van der Waals surface area contributed by atoms with Crippen molar-refractivity contribution in [1.82, 2.24) is 9.97 Å². The molecule has 0 aliphatic rings. The molecule has 3 aromatic rings. The van der Waals surface area contributed by atoms with Gasteiger partial charge in [0.05, 0.1) is 16.9 Å². The first-order chi connectivity index (χ1) is 9.86. The van der Waals surface area contributed by atoms with Crippen LogP contribution in [0.5, 0.6) is 5.75 Å². The number of hydrogen-bond donors (Lipinski definition) is 2. The van der Waals surface area contributed by atoms with Crippen LogP contribution in [0, 0.1) is 0 Å². The molecule has 0 aliphatic carbocycles. The van der Waals surface area contributed by atoms with Crippen molar-refractivity contribution < 1.29 is 4.74 Å². The fraction of sp³-hybridized carbons (Fsp3) is 0.0667. The fourth-order valence-electron chi connectivity index (χ4n) is 2.00. The van der Waals surface area contributed by atoms with E-state index in [1.54, 1.807) is 18.5 Å². The summed E-state index contributed by atoms with van der Waals surface area (Å²) in [5.41, 5.74) is 5.11. The molecule has 2 aromatic heterocycles. The molecule has 20 heavy (non-hydrogen) atoms. The quantitative estimate of drug-likeness (QED) is 0.560. The van der Waals surface area contributed by atoms with E-state index in [0.29, 0.717) is 6.61 Å². The van der Waals surface area contributed by atoms with E-state index in [0.717, 1.165) is 28.0 Å². The summed E-state index contributed by atoms with van der Waals surface area (Å²) in [6.07, 6.45) is 3.46. The normalized spacial score (nSPS) is 10.4. The van der Waals surface area contributed by atoms with Crippen molar-refractivity contribution >= 4 is 16.6 Å². The highest BCUT2D eigenvalue weighted by Crippen LogP contribution is 2.24. The van der Waals surface area contributed by atoms with Gasteiger partial charge in [0.1, 0.15) is 12.4 Å². The molecule has 0 aliphatic heterocycles. The van der Waals surface area contributed by atoms with Gasteiger partial charge in [0, 0.05) is 17.8 Å². The van der Waals surface area contributed by atoms with E-state index in [-0.39, 0.29) is 0 Å². The van der Waals surface area contributed by atoms with Crippen molar-refractivity contribution in [2.45, 2.75) is 6.61 Å². The molecule has 0 unspecified atom stereocenters. The first kappa shape index (κ1) is 12.4. The zero-order valence-corrected chi connectivity index (χ0v) is 10.8. The fourth-order valence-corrected chi connectivity index (χ4v) is 2.00. The molecular weight excluding hydrogens is 252 g/mol. The second-order valence-corrected chi connectivity index (χ2v) is 4.30. The number of benzene rings is 1. The number of ether oxygens (including phenoxy) is 1. The highest BCUT2D eigenvalue weighted by Gasteiger charge is 2.03. The van der Waals surface area contributed by atoms with E-state index < -0.39 is 0 Å². The number of fused-ring (bicyclic) bond motifs is 1. The summed E-state index contributed by atoms with van der Waals surface area (Å²) in [4.78, 5) is 8.55. The number of pyridine rings is 2. The van der Waals surface area contributed by atoms with Crippen LogP contribution < -0.4 is 16.0 Å². The number of nitrogens with two attached hydrogens (primary N) is 1. The Morgan fingerprint density at radius 3 is 2.90 bits per heavy atom. The number of hydrogen-bond acceptors (Lipinski definition) is 5. The minimum absolute atomic E-state index is 0.378. The Bertz CT molecular complexity index is 724. The largest absolute Gasteiger partial charge is 0.487 e. The van der Waals surface area contributed by atoms with Crippen LogP contribution in [0.2, 0.25) is 0 Å². The van der Waals surface area contributed by atoms with Gasteiger partial charge in [0.25, 0.3) is 0 Å². The maximum Gasteiger partial charge on any atom is 0.130 e. The smallest absolute Gasteiger partial charge is 0.130 e. The number of nitrogens with zero attached hydrogens (tertiary/aromatic N) is 2. The molecule has 0 spiro atoms. The first-order valence-corrected chi connectivity index (χ1v) is 6.25. The third-order valence-electron chi connectivity index (χ3n) is 2.96.